The third-order valence-electron chi connectivity index (χ3n) is 2.82. The molecule has 1 aromatic carbocycles. The second kappa shape index (κ2) is 7.16. The molecule has 0 aromatic heterocycles. The molecule has 1 rings (SSSR count). The van der Waals surface area contributed by atoms with Crippen molar-refractivity contribution in [1.82, 2.24) is 0 Å². The van der Waals surface area contributed by atoms with Gasteiger partial charge in [0.2, 0.25) is 0 Å². The van der Waals surface area contributed by atoms with Crippen molar-refractivity contribution in [1.29, 1.82) is 0 Å². The molecule has 0 fully saturated rings. The van der Waals surface area contributed by atoms with Crippen LogP contribution in [0.25, 0.3) is 0 Å². The van der Waals surface area contributed by atoms with E-state index in [1.807, 2.05) is 0 Å². The molecule has 0 heterocycles. The number of nitrogens with two attached hydrogens (primary N) is 1. The summed E-state index contributed by atoms with van der Waals surface area (Å²) in [6, 6.07) is -1.01. The van der Waals surface area contributed by atoms with Gasteiger partial charge in [-0.15, -0.1) is 12.4 Å². The summed E-state index contributed by atoms with van der Waals surface area (Å²) in [5.74, 6) is 0. The molecule has 0 aliphatic rings. The zero-order chi connectivity index (χ0) is 17.3. The zero-order valence-corrected chi connectivity index (χ0v) is 11.9. The highest BCUT2D eigenvalue weighted by Gasteiger charge is 2.39. The molecule has 0 aliphatic carbocycles. The van der Waals surface area contributed by atoms with Crippen LogP contribution in [0.15, 0.2) is 18.2 Å². The molecule has 0 spiro atoms. The summed E-state index contributed by atoms with van der Waals surface area (Å²) in [6.45, 7) is 0. The van der Waals surface area contributed by atoms with Crippen LogP contribution in [0.1, 0.15) is 35.6 Å². The van der Waals surface area contributed by atoms with Gasteiger partial charge in [0.15, 0.2) is 0 Å². The molecule has 0 amide bonds. The molecular weight excluding hydrogens is 365 g/mol. The summed E-state index contributed by atoms with van der Waals surface area (Å²) >= 11 is 0. The van der Waals surface area contributed by atoms with Gasteiger partial charge in [-0.05, 0) is 24.1 Å². The summed E-state index contributed by atoms with van der Waals surface area (Å²) < 4.78 is 112. The third kappa shape index (κ3) is 6.46. The van der Waals surface area contributed by atoms with E-state index in [9.17, 15) is 39.5 Å². The lowest BCUT2D eigenvalue weighted by Gasteiger charge is -2.20. The molecule has 0 radical (unpaired) electrons. The lowest BCUT2D eigenvalue weighted by atomic mass is 9.95. The van der Waals surface area contributed by atoms with E-state index in [2.05, 4.69) is 0 Å². The first kappa shape index (κ1) is 21.8. The Hall–Kier alpha value is -1.16. The molecule has 0 saturated heterocycles. The molecule has 0 bridgehead atoms. The van der Waals surface area contributed by atoms with Crippen LogP contribution in [-0.2, 0) is 12.4 Å². The van der Waals surface area contributed by atoms with Gasteiger partial charge in [-0.25, -0.2) is 0 Å². The Morgan fingerprint density at radius 2 is 1.39 bits per heavy atom. The molecule has 23 heavy (non-hydrogen) atoms. The maximum atomic E-state index is 12.8. The monoisotopic (exact) mass is 375 g/mol. The molecule has 0 saturated carbocycles. The van der Waals surface area contributed by atoms with E-state index in [4.69, 9.17) is 5.73 Å². The fourth-order valence-corrected chi connectivity index (χ4v) is 1.78. The molecule has 0 aliphatic heterocycles. The Morgan fingerprint density at radius 1 is 0.870 bits per heavy atom. The summed E-state index contributed by atoms with van der Waals surface area (Å²) in [4.78, 5) is 0. The lowest BCUT2D eigenvalue weighted by molar-refractivity contribution is -0.143. The fraction of sp³-hybridized carbons (Fsp3) is 0.500. The van der Waals surface area contributed by atoms with Crippen LogP contribution in [0.2, 0.25) is 0 Å². The van der Waals surface area contributed by atoms with Gasteiger partial charge in [-0.3, -0.25) is 0 Å². The number of halogens is 10. The molecule has 2 N–H and O–H groups in total. The minimum Gasteiger partial charge on any atom is -0.324 e. The highest BCUT2D eigenvalue weighted by molar-refractivity contribution is 5.85. The van der Waals surface area contributed by atoms with Crippen molar-refractivity contribution in [3.05, 3.63) is 34.9 Å². The van der Waals surface area contributed by atoms with Crippen LogP contribution in [0.3, 0.4) is 0 Å². The largest absolute Gasteiger partial charge is 0.416 e. The first-order valence-corrected chi connectivity index (χ1v) is 5.82. The SMILES string of the molecule is Cl.N[C@@H](CCC(F)(F)F)c1ccc(C(F)(F)F)cc1C(F)(F)F. The van der Waals surface area contributed by atoms with E-state index in [1.54, 1.807) is 0 Å². The fourth-order valence-electron chi connectivity index (χ4n) is 1.78. The van der Waals surface area contributed by atoms with Crippen molar-refractivity contribution in [2.45, 2.75) is 37.4 Å². The van der Waals surface area contributed by atoms with Gasteiger partial charge < -0.3 is 5.73 Å². The first-order valence-electron chi connectivity index (χ1n) is 5.82. The molecule has 1 atom stereocenters. The topological polar surface area (TPSA) is 26.0 Å². The minimum atomic E-state index is -5.16. The number of hydrogen-bond acceptors (Lipinski definition) is 1. The van der Waals surface area contributed by atoms with Crippen LogP contribution < -0.4 is 5.73 Å². The van der Waals surface area contributed by atoms with Crippen LogP contribution in [0.5, 0.6) is 0 Å². The Labute approximate surface area is 131 Å². The molecule has 134 valence electrons. The molecule has 1 nitrogen and oxygen atoms in total. The van der Waals surface area contributed by atoms with Crippen molar-refractivity contribution in [3.8, 4) is 0 Å². The zero-order valence-electron chi connectivity index (χ0n) is 11.1. The molecular formula is C12H11ClF9N. The van der Waals surface area contributed by atoms with Gasteiger partial charge in [-0.2, -0.15) is 39.5 Å². The van der Waals surface area contributed by atoms with Crippen molar-refractivity contribution < 1.29 is 39.5 Å². The molecule has 0 unspecified atom stereocenters. The second-order valence-electron chi connectivity index (χ2n) is 4.56. The highest BCUT2D eigenvalue weighted by atomic mass is 35.5. The highest BCUT2D eigenvalue weighted by Crippen LogP contribution is 2.40. The first-order chi connectivity index (χ1) is 9.72. The summed E-state index contributed by atoms with van der Waals surface area (Å²) in [5.41, 5.74) is 1.24. The van der Waals surface area contributed by atoms with Crippen LogP contribution in [0.4, 0.5) is 39.5 Å². The maximum Gasteiger partial charge on any atom is 0.416 e. The standard InChI is InChI=1S/C12H10F9N.ClH/c13-10(14,15)4-3-9(22)7-2-1-6(11(16,17)18)5-8(7)12(19,20)21;/h1-2,5,9H,3-4,22H2;1H/t9-;/m0./s1. The van der Waals surface area contributed by atoms with Crippen LogP contribution in [-0.4, -0.2) is 6.18 Å². The Bertz CT molecular complexity index is 519. The van der Waals surface area contributed by atoms with Crippen LogP contribution in [0, 0.1) is 0 Å². The number of benzene rings is 1. The van der Waals surface area contributed by atoms with E-state index in [0.29, 0.717) is 12.1 Å². The van der Waals surface area contributed by atoms with Gasteiger partial charge in [-0.1, -0.05) is 6.07 Å². The van der Waals surface area contributed by atoms with E-state index < -0.39 is 54.1 Å². The van der Waals surface area contributed by atoms with Crippen LogP contribution >= 0.6 is 12.4 Å². The lowest BCUT2D eigenvalue weighted by Crippen LogP contribution is -2.21. The van der Waals surface area contributed by atoms with E-state index in [0.717, 1.165) is 0 Å². The number of hydrogen-bond donors (Lipinski definition) is 1. The van der Waals surface area contributed by atoms with Gasteiger partial charge in [0.1, 0.15) is 0 Å². The quantitative estimate of drug-likeness (QED) is 0.695. The van der Waals surface area contributed by atoms with E-state index in [1.165, 1.54) is 0 Å². The molecule has 1 aromatic rings. The van der Waals surface area contributed by atoms with Gasteiger partial charge in [0.25, 0.3) is 0 Å². The number of alkyl halides is 9. The maximum absolute atomic E-state index is 12.8. The Balaban J connectivity index is 0.00000484. The third-order valence-corrected chi connectivity index (χ3v) is 2.82. The predicted octanol–water partition coefficient (Wildman–Crippen LogP) is 5.49. The second-order valence-corrected chi connectivity index (χ2v) is 4.56. The Kier molecular flexibility index (Phi) is 6.80. The van der Waals surface area contributed by atoms with Gasteiger partial charge >= 0.3 is 18.5 Å². The smallest absolute Gasteiger partial charge is 0.324 e. The van der Waals surface area contributed by atoms with Gasteiger partial charge in [0, 0.05) is 12.5 Å². The van der Waals surface area contributed by atoms with Crippen molar-refractivity contribution in [2.24, 2.45) is 5.73 Å². The minimum absolute atomic E-state index is 0. The summed E-state index contributed by atoms with van der Waals surface area (Å²) in [6.07, 6.45) is -17.1. The normalized spacial score (nSPS) is 14.3. The average molecular weight is 376 g/mol. The van der Waals surface area contributed by atoms with Crippen molar-refractivity contribution in [2.75, 3.05) is 0 Å². The average Bonchev–Trinajstić information content (AvgIpc) is 2.32. The van der Waals surface area contributed by atoms with E-state index in [-0.39, 0.29) is 18.5 Å². The Morgan fingerprint density at radius 3 is 1.78 bits per heavy atom. The number of rotatable bonds is 3. The molecule has 11 heteroatoms. The van der Waals surface area contributed by atoms with Crippen molar-refractivity contribution >= 4 is 12.4 Å². The summed E-state index contributed by atoms with van der Waals surface area (Å²) in [5, 5.41) is 0. The van der Waals surface area contributed by atoms with Gasteiger partial charge in [0.05, 0.1) is 11.1 Å². The van der Waals surface area contributed by atoms with E-state index >= 15 is 0 Å². The summed E-state index contributed by atoms with van der Waals surface area (Å²) in [7, 11) is 0. The van der Waals surface area contributed by atoms with Crippen molar-refractivity contribution in [3.63, 3.8) is 0 Å². The predicted molar refractivity (Wildman–Crippen MR) is 65.9 cm³/mol.